The Morgan fingerprint density at radius 1 is 1.13 bits per heavy atom. The fourth-order valence-corrected chi connectivity index (χ4v) is 5.73. The van der Waals surface area contributed by atoms with Crippen molar-refractivity contribution < 1.29 is 30.8 Å². The van der Waals surface area contributed by atoms with Crippen molar-refractivity contribution in [2.45, 2.75) is 43.4 Å². The van der Waals surface area contributed by atoms with Gasteiger partial charge in [-0.05, 0) is 78.6 Å². The minimum absolute atomic E-state index is 0.0172. The van der Waals surface area contributed by atoms with Crippen molar-refractivity contribution in [2.24, 2.45) is 0 Å². The molecule has 1 aliphatic heterocycles. The van der Waals surface area contributed by atoms with Gasteiger partial charge in [-0.3, -0.25) is 4.79 Å². The van der Waals surface area contributed by atoms with E-state index in [4.69, 9.17) is 0 Å². The van der Waals surface area contributed by atoms with Crippen LogP contribution >= 0.6 is 0 Å². The standard InChI is InChI=1S/C25H26F4N6O3S/c1-17-30-32-35(31-17)16-19-15-20(25(27,28)29)5-3-18(19)4-10-24(36)34-13-11-22(12-14-34)33(2)39(37,38)23-8-6-21(26)7-9-23/h3-10,15,22H,11-14,16H2,1-2H3/b10-4+. The number of aryl methyl sites for hydroxylation is 1. The van der Waals surface area contributed by atoms with Gasteiger partial charge in [-0.2, -0.15) is 22.3 Å². The predicted molar refractivity (Wildman–Crippen MR) is 133 cm³/mol. The highest BCUT2D eigenvalue weighted by Crippen LogP contribution is 2.31. The first kappa shape index (κ1) is 28.4. The van der Waals surface area contributed by atoms with Gasteiger partial charge < -0.3 is 4.90 Å². The van der Waals surface area contributed by atoms with Crippen LogP contribution in [0.2, 0.25) is 0 Å². The number of sulfonamides is 1. The molecular formula is C25H26F4N6O3S. The Kier molecular flexibility index (Phi) is 8.16. The van der Waals surface area contributed by atoms with Crippen molar-refractivity contribution in [3.63, 3.8) is 0 Å². The molecule has 208 valence electrons. The summed E-state index contributed by atoms with van der Waals surface area (Å²) in [5.41, 5.74) is -0.177. The van der Waals surface area contributed by atoms with E-state index >= 15 is 0 Å². The molecule has 0 N–H and O–H groups in total. The molecule has 4 rings (SSSR count). The molecule has 0 aliphatic carbocycles. The number of hydrogen-bond donors (Lipinski definition) is 0. The summed E-state index contributed by atoms with van der Waals surface area (Å²) >= 11 is 0. The Balaban J connectivity index is 1.43. The molecule has 2 aromatic carbocycles. The number of alkyl halides is 3. The molecule has 0 atom stereocenters. The summed E-state index contributed by atoms with van der Waals surface area (Å²) in [6.07, 6.45) is -1.04. The Hall–Kier alpha value is -3.65. The zero-order valence-corrected chi connectivity index (χ0v) is 22.0. The molecule has 3 aromatic rings. The van der Waals surface area contributed by atoms with Crippen LogP contribution in [0.1, 0.15) is 35.4 Å². The van der Waals surface area contributed by atoms with E-state index in [1.807, 2.05) is 0 Å². The van der Waals surface area contributed by atoms with E-state index in [1.165, 1.54) is 46.5 Å². The highest BCUT2D eigenvalue weighted by molar-refractivity contribution is 7.89. The number of carbonyl (C=O) groups excluding carboxylic acids is 1. The summed E-state index contributed by atoms with van der Waals surface area (Å²) in [5, 5.41) is 11.6. The maximum atomic E-state index is 13.3. The number of amides is 1. The SMILES string of the molecule is Cc1nnn(Cc2cc(C(F)(F)F)ccc2/C=C/C(=O)N2CCC(N(C)S(=O)(=O)c3ccc(F)cc3)CC2)n1. The van der Waals surface area contributed by atoms with Crippen LogP contribution in [0.5, 0.6) is 0 Å². The Morgan fingerprint density at radius 3 is 2.38 bits per heavy atom. The number of benzene rings is 2. The van der Waals surface area contributed by atoms with Crippen LogP contribution in [0, 0.1) is 12.7 Å². The van der Waals surface area contributed by atoms with E-state index < -0.39 is 27.6 Å². The van der Waals surface area contributed by atoms with Crippen LogP contribution in [-0.4, -0.2) is 69.9 Å². The quantitative estimate of drug-likeness (QED) is 0.321. The summed E-state index contributed by atoms with van der Waals surface area (Å²) in [4.78, 5) is 15.6. The minimum atomic E-state index is -4.54. The molecule has 2 heterocycles. The van der Waals surface area contributed by atoms with Crippen LogP contribution in [0.4, 0.5) is 17.6 Å². The zero-order chi connectivity index (χ0) is 28.4. The third-order valence-corrected chi connectivity index (χ3v) is 8.45. The number of carbonyl (C=O) groups is 1. The summed E-state index contributed by atoms with van der Waals surface area (Å²) in [5.74, 6) is -0.517. The molecule has 1 amide bonds. The van der Waals surface area contributed by atoms with Gasteiger partial charge in [0.2, 0.25) is 15.9 Å². The number of halogens is 4. The normalized spacial score (nSPS) is 15.4. The first-order valence-corrected chi connectivity index (χ1v) is 13.4. The highest BCUT2D eigenvalue weighted by Gasteiger charge is 2.32. The summed E-state index contributed by atoms with van der Waals surface area (Å²) < 4.78 is 80.1. The van der Waals surface area contributed by atoms with Crippen molar-refractivity contribution in [1.29, 1.82) is 0 Å². The molecule has 1 fully saturated rings. The monoisotopic (exact) mass is 566 g/mol. The van der Waals surface area contributed by atoms with Crippen LogP contribution in [0.3, 0.4) is 0 Å². The molecule has 1 aromatic heterocycles. The lowest BCUT2D eigenvalue weighted by atomic mass is 10.0. The Labute approximate surface area is 222 Å². The number of hydrogen-bond acceptors (Lipinski definition) is 6. The molecule has 9 nitrogen and oxygen atoms in total. The van der Waals surface area contributed by atoms with E-state index in [2.05, 4.69) is 15.4 Å². The van der Waals surface area contributed by atoms with Crippen molar-refractivity contribution in [1.82, 2.24) is 29.4 Å². The van der Waals surface area contributed by atoms with Gasteiger partial charge in [-0.1, -0.05) is 6.07 Å². The van der Waals surface area contributed by atoms with Gasteiger partial charge in [0.1, 0.15) is 5.82 Å². The second kappa shape index (κ2) is 11.2. The molecule has 39 heavy (non-hydrogen) atoms. The second-order valence-electron chi connectivity index (χ2n) is 9.14. The minimum Gasteiger partial charge on any atom is -0.339 e. The lowest BCUT2D eigenvalue weighted by Gasteiger charge is -2.35. The summed E-state index contributed by atoms with van der Waals surface area (Å²) in [6, 6.07) is 7.45. The lowest BCUT2D eigenvalue weighted by molar-refractivity contribution is -0.137. The molecule has 0 unspecified atom stereocenters. The van der Waals surface area contributed by atoms with Gasteiger partial charge in [-0.25, -0.2) is 12.8 Å². The number of tetrazole rings is 1. The summed E-state index contributed by atoms with van der Waals surface area (Å²) in [7, 11) is -2.37. The van der Waals surface area contributed by atoms with E-state index in [0.29, 0.717) is 37.3 Å². The van der Waals surface area contributed by atoms with E-state index in [9.17, 15) is 30.8 Å². The molecule has 0 spiro atoms. The average Bonchev–Trinajstić information content (AvgIpc) is 3.31. The predicted octanol–water partition coefficient (Wildman–Crippen LogP) is 3.51. The van der Waals surface area contributed by atoms with E-state index in [0.717, 1.165) is 24.3 Å². The number of likely N-dealkylation sites (tertiary alicyclic amines) is 1. The van der Waals surface area contributed by atoms with E-state index in [1.54, 1.807) is 11.8 Å². The molecule has 1 saturated heterocycles. The Bertz CT molecular complexity index is 1460. The molecule has 14 heteroatoms. The summed E-state index contributed by atoms with van der Waals surface area (Å²) in [6.45, 7) is 2.12. The van der Waals surface area contributed by atoms with Gasteiger partial charge in [-0.15, -0.1) is 10.2 Å². The topological polar surface area (TPSA) is 101 Å². The third-order valence-electron chi connectivity index (χ3n) is 6.52. The molecule has 0 bridgehead atoms. The molecule has 0 saturated carbocycles. The van der Waals surface area contributed by atoms with Crippen molar-refractivity contribution in [3.05, 3.63) is 76.9 Å². The number of aromatic nitrogens is 4. The van der Waals surface area contributed by atoms with Gasteiger partial charge >= 0.3 is 6.18 Å². The first-order chi connectivity index (χ1) is 18.3. The van der Waals surface area contributed by atoms with Gasteiger partial charge in [0.05, 0.1) is 17.0 Å². The fraction of sp³-hybridized carbons (Fsp3) is 0.360. The second-order valence-corrected chi connectivity index (χ2v) is 11.1. The molecule has 0 radical (unpaired) electrons. The van der Waals surface area contributed by atoms with Gasteiger partial charge in [0.25, 0.3) is 0 Å². The largest absolute Gasteiger partial charge is 0.416 e. The van der Waals surface area contributed by atoms with Crippen LogP contribution in [0.25, 0.3) is 6.08 Å². The fourth-order valence-electron chi connectivity index (χ4n) is 4.31. The van der Waals surface area contributed by atoms with E-state index in [-0.39, 0.29) is 29.0 Å². The molecule has 1 aliphatic rings. The third kappa shape index (κ3) is 6.68. The lowest BCUT2D eigenvalue weighted by Crippen LogP contribution is -2.46. The van der Waals surface area contributed by atoms with Crippen LogP contribution < -0.4 is 0 Å². The van der Waals surface area contributed by atoms with Crippen molar-refractivity contribution in [3.8, 4) is 0 Å². The zero-order valence-electron chi connectivity index (χ0n) is 21.1. The Morgan fingerprint density at radius 2 is 1.79 bits per heavy atom. The number of nitrogens with zero attached hydrogens (tertiary/aromatic N) is 6. The number of rotatable bonds is 7. The van der Waals surface area contributed by atoms with Gasteiger partial charge in [0, 0.05) is 32.3 Å². The smallest absolute Gasteiger partial charge is 0.339 e. The van der Waals surface area contributed by atoms with Crippen molar-refractivity contribution in [2.75, 3.05) is 20.1 Å². The first-order valence-electron chi connectivity index (χ1n) is 12.0. The van der Waals surface area contributed by atoms with Crippen LogP contribution in [0.15, 0.2) is 53.4 Å². The highest BCUT2D eigenvalue weighted by atomic mass is 32.2. The number of piperidine rings is 1. The maximum Gasteiger partial charge on any atom is 0.416 e. The average molecular weight is 567 g/mol. The van der Waals surface area contributed by atoms with Crippen molar-refractivity contribution >= 4 is 22.0 Å². The van der Waals surface area contributed by atoms with Crippen LogP contribution in [-0.2, 0) is 27.5 Å². The maximum absolute atomic E-state index is 13.3. The molecular weight excluding hydrogens is 540 g/mol. The van der Waals surface area contributed by atoms with Gasteiger partial charge in [0.15, 0.2) is 5.82 Å².